The standard InChI is InChI=1S/C13H19NO3/c1-13(2,12(15)16)7-4-8-17-11-6-3-5-10(14)9-11/h3,5-6,9H,4,7-8,14H2,1-2H3,(H,15,16). The van der Waals surface area contributed by atoms with Crippen LogP contribution in [-0.2, 0) is 4.79 Å². The lowest BCUT2D eigenvalue weighted by Gasteiger charge is -2.18. The van der Waals surface area contributed by atoms with Gasteiger partial charge in [-0.05, 0) is 38.8 Å². The van der Waals surface area contributed by atoms with Crippen LogP contribution < -0.4 is 10.5 Å². The molecule has 0 amide bonds. The number of carboxylic acid groups (broad SMARTS) is 1. The average molecular weight is 237 g/mol. The van der Waals surface area contributed by atoms with Gasteiger partial charge < -0.3 is 15.6 Å². The minimum absolute atomic E-state index is 0.500. The first-order valence-corrected chi connectivity index (χ1v) is 5.63. The number of nitrogen functional groups attached to an aromatic ring is 1. The molecule has 1 aromatic rings. The van der Waals surface area contributed by atoms with Crippen molar-refractivity contribution in [2.75, 3.05) is 12.3 Å². The summed E-state index contributed by atoms with van der Waals surface area (Å²) in [5, 5.41) is 8.94. The van der Waals surface area contributed by atoms with Gasteiger partial charge in [0.05, 0.1) is 12.0 Å². The molecule has 4 nitrogen and oxygen atoms in total. The van der Waals surface area contributed by atoms with Crippen LogP contribution in [0.5, 0.6) is 5.75 Å². The molecule has 0 fully saturated rings. The highest BCUT2D eigenvalue weighted by Gasteiger charge is 2.26. The third-order valence-electron chi connectivity index (χ3n) is 2.65. The van der Waals surface area contributed by atoms with E-state index >= 15 is 0 Å². The van der Waals surface area contributed by atoms with Gasteiger partial charge in [-0.1, -0.05) is 6.07 Å². The first-order chi connectivity index (χ1) is 7.92. The first-order valence-electron chi connectivity index (χ1n) is 5.63. The van der Waals surface area contributed by atoms with Crippen LogP contribution in [0.4, 0.5) is 5.69 Å². The second kappa shape index (κ2) is 5.57. The number of carboxylic acids is 1. The van der Waals surface area contributed by atoms with Gasteiger partial charge in [-0.15, -0.1) is 0 Å². The molecule has 0 aromatic heterocycles. The zero-order valence-electron chi connectivity index (χ0n) is 10.3. The smallest absolute Gasteiger partial charge is 0.309 e. The quantitative estimate of drug-likeness (QED) is 0.589. The lowest BCUT2D eigenvalue weighted by molar-refractivity contribution is -0.147. The summed E-state index contributed by atoms with van der Waals surface area (Å²) in [6.07, 6.45) is 1.29. The zero-order chi connectivity index (χ0) is 12.9. The van der Waals surface area contributed by atoms with Crippen molar-refractivity contribution in [1.29, 1.82) is 0 Å². The number of hydrogen-bond donors (Lipinski definition) is 2. The van der Waals surface area contributed by atoms with Crippen molar-refractivity contribution in [1.82, 2.24) is 0 Å². The average Bonchev–Trinajstić information content (AvgIpc) is 2.24. The fourth-order valence-electron chi connectivity index (χ4n) is 1.42. The van der Waals surface area contributed by atoms with Crippen LogP contribution in [0.15, 0.2) is 24.3 Å². The molecule has 1 rings (SSSR count). The van der Waals surface area contributed by atoms with E-state index in [4.69, 9.17) is 15.6 Å². The molecule has 4 heteroatoms. The Kier molecular flexibility index (Phi) is 4.37. The Morgan fingerprint density at radius 2 is 2.18 bits per heavy atom. The molecule has 0 bridgehead atoms. The van der Waals surface area contributed by atoms with Gasteiger partial charge >= 0.3 is 5.97 Å². The number of hydrogen-bond acceptors (Lipinski definition) is 3. The number of rotatable bonds is 6. The number of benzene rings is 1. The number of carbonyl (C=O) groups is 1. The van der Waals surface area contributed by atoms with Crippen LogP contribution in [0, 0.1) is 5.41 Å². The molecule has 0 heterocycles. The highest BCUT2D eigenvalue weighted by molar-refractivity contribution is 5.73. The van der Waals surface area contributed by atoms with E-state index in [2.05, 4.69) is 0 Å². The molecule has 0 unspecified atom stereocenters. The highest BCUT2D eigenvalue weighted by atomic mass is 16.5. The maximum Gasteiger partial charge on any atom is 0.309 e. The molecule has 0 atom stereocenters. The number of anilines is 1. The van der Waals surface area contributed by atoms with E-state index in [1.165, 1.54) is 0 Å². The molecule has 17 heavy (non-hydrogen) atoms. The molecule has 0 aliphatic rings. The molecular weight excluding hydrogens is 218 g/mol. The Morgan fingerprint density at radius 3 is 2.76 bits per heavy atom. The second-order valence-corrected chi connectivity index (χ2v) is 4.71. The lowest BCUT2D eigenvalue weighted by atomic mass is 9.88. The fraction of sp³-hybridized carbons (Fsp3) is 0.462. The highest BCUT2D eigenvalue weighted by Crippen LogP contribution is 2.22. The van der Waals surface area contributed by atoms with Gasteiger partial charge in [0.15, 0.2) is 0 Å². The van der Waals surface area contributed by atoms with Crippen LogP contribution in [0.25, 0.3) is 0 Å². The van der Waals surface area contributed by atoms with Crippen LogP contribution in [0.1, 0.15) is 26.7 Å². The number of nitrogens with two attached hydrogens (primary N) is 1. The predicted molar refractivity (Wildman–Crippen MR) is 67.0 cm³/mol. The largest absolute Gasteiger partial charge is 0.494 e. The Balaban J connectivity index is 2.32. The Morgan fingerprint density at radius 1 is 1.47 bits per heavy atom. The van der Waals surface area contributed by atoms with Gasteiger partial charge in [0.2, 0.25) is 0 Å². The van der Waals surface area contributed by atoms with Crippen molar-refractivity contribution in [3.8, 4) is 5.75 Å². The van der Waals surface area contributed by atoms with Crippen LogP contribution in [0.3, 0.4) is 0 Å². The molecule has 0 radical (unpaired) electrons. The van der Waals surface area contributed by atoms with Crippen molar-refractivity contribution in [3.63, 3.8) is 0 Å². The van der Waals surface area contributed by atoms with Crippen LogP contribution in [0.2, 0.25) is 0 Å². The summed E-state index contributed by atoms with van der Waals surface area (Å²) in [6.45, 7) is 3.94. The summed E-state index contributed by atoms with van der Waals surface area (Å²) >= 11 is 0. The third kappa shape index (κ3) is 4.34. The van der Waals surface area contributed by atoms with Gasteiger partial charge in [0, 0.05) is 11.8 Å². The number of ether oxygens (including phenoxy) is 1. The zero-order valence-corrected chi connectivity index (χ0v) is 10.3. The van der Waals surface area contributed by atoms with Crippen LogP contribution >= 0.6 is 0 Å². The van der Waals surface area contributed by atoms with E-state index in [0.29, 0.717) is 25.1 Å². The van der Waals surface area contributed by atoms with Gasteiger partial charge in [0.1, 0.15) is 5.75 Å². The summed E-state index contributed by atoms with van der Waals surface area (Å²) in [5.41, 5.74) is 5.58. The van der Waals surface area contributed by atoms with Crippen molar-refractivity contribution in [2.24, 2.45) is 5.41 Å². The van der Waals surface area contributed by atoms with Gasteiger partial charge in [-0.3, -0.25) is 4.79 Å². The van der Waals surface area contributed by atoms with E-state index in [-0.39, 0.29) is 0 Å². The van der Waals surface area contributed by atoms with E-state index in [0.717, 1.165) is 5.75 Å². The molecule has 0 aliphatic heterocycles. The lowest BCUT2D eigenvalue weighted by Crippen LogP contribution is -2.24. The minimum atomic E-state index is -0.776. The van der Waals surface area contributed by atoms with Crippen molar-refractivity contribution < 1.29 is 14.6 Å². The summed E-state index contributed by atoms with van der Waals surface area (Å²) in [7, 11) is 0. The summed E-state index contributed by atoms with van der Waals surface area (Å²) < 4.78 is 5.49. The Labute approximate surface area is 101 Å². The van der Waals surface area contributed by atoms with Crippen LogP contribution in [-0.4, -0.2) is 17.7 Å². The van der Waals surface area contributed by atoms with Gasteiger partial charge in [-0.2, -0.15) is 0 Å². The molecule has 3 N–H and O–H groups in total. The van der Waals surface area contributed by atoms with Gasteiger partial charge in [-0.25, -0.2) is 0 Å². The van der Waals surface area contributed by atoms with E-state index < -0.39 is 11.4 Å². The van der Waals surface area contributed by atoms with Crippen molar-refractivity contribution in [2.45, 2.75) is 26.7 Å². The summed E-state index contributed by atoms with van der Waals surface area (Å²) in [5.74, 6) is -0.0559. The monoisotopic (exact) mass is 237 g/mol. The molecule has 94 valence electrons. The topological polar surface area (TPSA) is 72.5 Å². The molecule has 0 saturated heterocycles. The van der Waals surface area contributed by atoms with E-state index in [1.807, 2.05) is 12.1 Å². The number of aliphatic carboxylic acids is 1. The van der Waals surface area contributed by atoms with Crippen molar-refractivity contribution in [3.05, 3.63) is 24.3 Å². The molecule has 0 saturated carbocycles. The second-order valence-electron chi connectivity index (χ2n) is 4.71. The molecule has 1 aromatic carbocycles. The minimum Gasteiger partial charge on any atom is -0.494 e. The Bertz CT molecular complexity index is 388. The maximum atomic E-state index is 10.9. The van der Waals surface area contributed by atoms with Crippen molar-refractivity contribution >= 4 is 11.7 Å². The van der Waals surface area contributed by atoms with E-state index in [1.54, 1.807) is 26.0 Å². The normalized spacial score (nSPS) is 11.2. The maximum absolute atomic E-state index is 10.9. The van der Waals surface area contributed by atoms with E-state index in [9.17, 15) is 4.79 Å². The molecule has 0 spiro atoms. The molecular formula is C13H19NO3. The first kappa shape index (κ1) is 13.4. The fourth-order valence-corrected chi connectivity index (χ4v) is 1.42. The summed E-state index contributed by atoms with van der Waals surface area (Å²) in [6, 6.07) is 7.20. The third-order valence-corrected chi connectivity index (χ3v) is 2.65. The van der Waals surface area contributed by atoms with Gasteiger partial charge in [0.25, 0.3) is 0 Å². The molecule has 0 aliphatic carbocycles. The predicted octanol–water partition coefficient (Wildman–Crippen LogP) is 2.54. The SMILES string of the molecule is CC(C)(CCCOc1cccc(N)c1)C(=O)O. The summed E-state index contributed by atoms with van der Waals surface area (Å²) in [4.78, 5) is 10.9. The Hall–Kier alpha value is -1.71.